The van der Waals surface area contributed by atoms with Gasteiger partial charge in [-0.1, -0.05) is 0 Å². The first kappa shape index (κ1) is 23.7. The minimum Gasteiger partial charge on any atom is -0.348 e. The number of nitrogens with one attached hydrogen (secondary N) is 1. The molecule has 1 aliphatic rings. The fraction of sp³-hybridized carbons (Fsp3) is 0.619. The van der Waals surface area contributed by atoms with Gasteiger partial charge in [-0.2, -0.15) is 0 Å². The molecule has 1 atom stereocenters. The molecular weight excluding hydrogens is 434 g/mol. The van der Waals surface area contributed by atoms with Crippen LogP contribution in [0.15, 0.2) is 4.79 Å². The maximum Gasteiger partial charge on any atom is 0.259 e. The Kier molecular flexibility index (Phi) is 7.77. The molecule has 1 aliphatic heterocycles. The lowest BCUT2D eigenvalue weighted by Gasteiger charge is -2.24. The van der Waals surface area contributed by atoms with Gasteiger partial charge in [0.25, 0.3) is 5.56 Å². The number of H-pyrrole nitrogens is 1. The number of carbonyl (C=O) groups excluding carboxylic acids is 2. The van der Waals surface area contributed by atoms with E-state index in [-0.39, 0.29) is 22.6 Å². The van der Waals surface area contributed by atoms with Crippen molar-refractivity contribution in [2.45, 2.75) is 38.2 Å². The second-order valence-electron chi connectivity index (χ2n) is 8.17. The van der Waals surface area contributed by atoms with E-state index in [4.69, 9.17) is 0 Å². The van der Waals surface area contributed by atoms with Crippen molar-refractivity contribution >= 4 is 45.1 Å². The highest BCUT2D eigenvalue weighted by Gasteiger charge is 2.25. The molecule has 0 radical (unpaired) electrons. The van der Waals surface area contributed by atoms with E-state index in [0.717, 1.165) is 28.2 Å². The Morgan fingerprint density at radius 3 is 2.68 bits per heavy atom. The van der Waals surface area contributed by atoms with Crippen LogP contribution in [-0.2, 0) is 15.3 Å². The first-order valence-electron chi connectivity index (χ1n) is 10.5. The highest BCUT2D eigenvalue weighted by atomic mass is 32.2. The zero-order valence-corrected chi connectivity index (χ0v) is 20.5. The number of hydrogen-bond donors (Lipinski definition) is 1. The number of thioether (sulfide) groups is 1. The van der Waals surface area contributed by atoms with Crippen molar-refractivity contribution in [3.8, 4) is 0 Å². The van der Waals surface area contributed by atoms with Gasteiger partial charge < -0.3 is 14.8 Å². The summed E-state index contributed by atoms with van der Waals surface area (Å²) in [5.74, 6) is 1.26. The molecule has 2 aromatic heterocycles. The average molecular weight is 466 g/mol. The SMILES string of the molecule is Cc1sc2nc(CSC(C)C(=O)N3CCCN(CC(=O)N(C)C)CC3)[nH]c(=O)c2c1C. The zero-order chi connectivity index (χ0) is 22.7. The minimum atomic E-state index is -0.234. The van der Waals surface area contributed by atoms with Crippen LogP contribution in [0.2, 0.25) is 0 Å². The smallest absolute Gasteiger partial charge is 0.259 e. The molecule has 1 unspecified atom stereocenters. The topological polar surface area (TPSA) is 89.6 Å². The number of nitrogens with zero attached hydrogens (tertiary/aromatic N) is 4. The fourth-order valence-electron chi connectivity index (χ4n) is 3.58. The van der Waals surface area contributed by atoms with Gasteiger partial charge in [0.2, 0.25) is 11.8 Å². The van der Waals surface area contributed by atoms with Crippen LogP contribution in [0, 0.1) is 13.8 Å². The van der Waals surface area contributed by atoms with Crippen molar-refractivity contribution in [1.29, 1.82) is 0 Å². The molecule has 0 aromatic carbocycles. The van der Waals surface area contributed by atoms with Crippen molar-refractivity contribution < 1.29 is 9.59 Å². The summed E-state index contributed by atoms with van der Waals surface area (Å²) in [4.78, 5) is 52.3. The Hall–Kier alpha value is -1.91. The summed E-state index contributed by atoms with van der Waals surface area (Å²) in [6, 6.07) is 0. The van der Waals surface area contributed by atoms with Gasteiger partial charge in [0.05, 0.1) is 22.9 Å². The van der Waals surface area contributed by atoms with E-state index in [2.05, 4.69) is 14.9 Å². The fourth-order valence-corrected chi connectivity index (χ4v) is 5.47. The third-order valence-corrected chi connectivity index (χ3v) is 7.91. The molecule has 3 rings (SSSR count). The van der Waals surface area contributed by atoms with E-state index in [1.807, 2.05) is 25.7 Å². The lowest BCUT2D eigenvalue weighted by atomic mass is 10.2. The normalized spacial score (nSPS) is 16.4. The van der Waals surface area contributed by atoms with Gasteiger partial charge in [-0.25, -0.2) is 4.98 Å². The van der Waals surface area contributed by atoms with Gasteiger partial charge in [-0.15, -0.1) is 23.1 Å². The van der Waals surface area contributed by atoms with Crippen LogP contribution in [0.4, 0.5) is 0 Å². The van der Waals surface area contributed by atoms with E-state index in [1.165, 1.54) is 23.1 Å². The van der Waals surface area contributed by atoms with Crippen LogP contribution in [-0.4, -0.2) is 88.6 Å². The van der Waals surface area contributed by atoms with Crippen molar-refractivity contribution in [3.63, 3.8) is 0 Å². The largest absolute Gasteiger partial charge is 0.348 e. The molecule has 0 aliphatic carbocycles. The van der Waals surface area contributed by atoms with Crippen LogP contribution in [0.3, 0.4) is 0 Å². The van der Waals surface area contributed by atoms with E-state index in [1.54, 1.807) is 19.0 Å². The molecule has 0 saturated carbocycles. The van der Waals surface area contributed by atoms with Crippen LogP contribution < -0.4 is 5.56 Å². The Bertz CT molecular complexity index is 1020. The molecule has 0 spiro atoms. The van der Waals surface area contributed by atoms with Crippen molar-refractivity contribution in [2.75, 3.05) is 46.8 Å². The number of likely N-dealkylation sites (N-methyl/N-ethyl adjacent to an activating group) is 1. The number of thiophene rings is 1. The van der Waals surface area contributed by atoms with E-state index < -0.39 is 0 Å². The molecule has 0 bridgehead atoms. The summed E-state index contributed by atoms with van der Waals surface area (Å²) < 4.78 is 0. The monoisotopic (exact) mass is 465 g/mol. The highest BCUT2D eigenvalue weighted by molar-refractivity contribution is 7.99. The van der Waals surface area contributed by atoms with Gasteiger partial charge in [-0.05, 0) is 32.8 Å². The van der Waals surface area contributed by atoms with E-state index in [9.17, 15) is 14.4 Å². The summed E-state index contributed by atoms with van der Waals surface area (Å²) in [5.41, 5.74) is 0.875. The van der Waals surface area contributed by atoms with Crippen molar-refractivity contribution in [2.24, 2.45) is 0 Å². The Labute approximate surface area is 191 Å². The molecule has 1 saturated heterocycles. The van der Waals surface area contributed by atoms with Crippen LogP contribution in [0.25, 0.3) is 10.2 Å². The molecule has 2 aromatic rings. The lowest BCUT2D eigenvalue weighted by molar-refractivity contribution is -0.130. The van der Waals surface area contributed by atoms with Gasteiger partial charge >= 0.3 is 0 Å². The lowest BCUT2D eigenvalue weighted by Crippen LogP contribution is -2.41. The summed E-state index contributed by atoms with van der Waals surface area (Å²) in [6.45, 7) is 9.07. The molecule has 3 heterocycles. The zero-order valence-electron chi connectivity index (χ0n) is 18.9. The van der Waals surface area contributed by atoms with E-state index >= 15 is 0 Å². The van der Waals surface area contributed by atoms with Crippen LogP contribution in [0.1, 0.15) is 29.6 Å². The number of hydrogen-bond acceptors (Lipinski definition) is 7. The molecule has 2 amide bonds. The summed E-state index contributed by atoms with van der Waals surface area (Å²) in [5, 5.41) is 0.435. The first-order valence-corrected chi connectivity index (χ1v) is 12.4. The van der Waals surface area contributed by atoms with Crippen molar-refractivity contribution in [1.82, 2.24) is 24.7 Å². The standard InChI is InChI=1S/C21H31N5O3S2/c1-13-14(2)31-20-18(13)19(28)22-16(23-20)12-30-15(3)21(29)26-8-6-7-25(9-10-26)11-17(27)24(4)5/h15H,6-12H2,1-5H3,(H,22,23,28). The second-order valence-corrected chi connectivity index (χ2v) is 10.7. The summed E-state index contributed by atoms with van der Waals surface area (Å²) in [6.07, 6.45) is 0.854. The second kappa shape index (κ2) is 10.1. The van der Waals surface area contributed by atoms with Gasteiger partial charge in [0, 0.05) is 45.2 Å². The molecule has 8 nitrogen and oxygen atoms in total. The molecular formula is C21H31N5O3S2. The third kappa shape index (κ3) is 5.67. The van der Waals surface area contributed by atoms with E-state index in [0.29, 0.717) is 43.1 Å². The molecule has 31 heavy (non-hydrogen) atoms. The third-order valence-electron chi connectivity index (χ3n) is 5.66. The van der Waals surface area contributed by atoms with Crippen molar-refractivity contribution in [3.05, 3.63) is 26.6 Å². The predicted molar refractivity (Wildman–Crippen MR) is 127 cm³/mol. The maximum atomic E-state index is 13.0. The number of carbonyl (C=O) groups is 2. The Morgan fingerprint density at radius 2 is 1.97 bits per heavy atom. The quantitative estimate of drug-likeness (QED) is 0.700. The molecule has 1 N–H and O–H groups in total. The average Bonchev–Trinajstić information content (AvgIpc) is 2.88. The first-order chi connectivity index (χ1) is 14.7. The molecule has 170 valence electrons. The highest BCUT2D eigenvalue weighted by Crippen LogP contribution is 2.26. The van der Waals surface area contributed by atoms with Gasteiger partial charge in [0.15, 0.2) is 0 Å². The molecule has 10 heteroatoms. The summed E-state index contributed by atoms with van der Waals surface area (Å²) >= 11 is 3.02. The minimum absolute atomic E-state index is 0.0817. The van der Waals surface area contributed by atoms with Gasteiger partial charge in [-0.3, -0.25) is 19.3 Å². The Morgan fingerprint density at radius 1 is 1.23 bits per heavy atom. The van der Waals surface area contributed by atoms with Crippen LogP contribution in [0.5, 0.6) is 0 Å². The molecule has 1 fully saturated rings. The maximum absolute atomic E-state index is 13.0. The number of aromatic nitrogens is 2. The number of amides is 2. The number of aromatic amines is 1. The number of aryl methyl sites for hydroxylation is 2. The number of fused-ring (bicyclic) bond motifs is 1. The Balaban J connectivity index is 1.56. The van der Waals surface area contributed by atoms with Crippen LogP contribution >= 0.6 is 23.1 Å². The number of rotatable bonds is 6. The summed E-state index contributed by atoms with van der Waals surface area (Å²) in [7, 11) is 3.52. The van der Waals surface area contributed by atoms with Gasteiger partial charge in [0.1, 0.15) is 10.7 Å². The predicted octanol–water partition coefficient (Wildman–Crippen LogP) is 1.85.